The Hall–Kier alpha value is -1.65. The van der Waals surface area contributed by atoms with Crippen LogP contribution in [0.5, 0.6) is 5.75 Å². The maximum absolute atomic E-state index is 5.55. The molecule has 0 spiro atoms. The molecular formula is C13H16ClN3O. The first kappa shape index (κ1) is 14.4. The summed E-state index contributed by atoms with van der Waals surface area (Å²) in [6, 6.07) is 9.73. The van der Waals surface area contributed by atoms with Gasteiger partial charge in [-0.15, -0.1) is 12.4 Å². The fraction of sp³-hybridized carbons (Fsp3) is 0.231. The number of aromatic nitrogens is 2. The molecule has 0 bridgehead atoms. The summed E-state index contributed by atoms with van der Waals surface area (Å²) in [4.78, 5) is 8.30. The number of rotatable bonds is 4. The SMILES string of the molecule is CCOc1ccc(-c2cc(CN)ncn2)cc1.Cl. The predicted octanol–water partition coefficient (Wildman–Crippen LogP) is 2.42. The van der Waals surface area contributed by atoms with Crippen molar-refractivity contribution in [3.8, 4) is 17.0 Å². The predicted molar refractivity (Wildman–Crippen MR) is 73.8 cm³/mol. The molecule has 5 heteroatoms. The molecule has 2 rings (SSSR count). The third kappa shape index (κ3) is 3.42. The van der Waals surface area contributed by atoms with E-state index in [0.717, 1.165) is 22.7 Å². The lowest BCUT2D eigenvalue weighted by atomic mass is 10.1. The zero-order valence-electron chi connectivity index (χ0n) is 10.2. The van der Waals surface area contributed by atoms with Crippen LogP contribution < -0.4 is 10.5 Å². The number of hydrogen-bond acceptors (Lipinski definition) is 4. The molecule has 0 radical (unpaired) electrons. The Morgan fingerprint density at radius 1 is 1.17 bits per heavy atom. The van der Waals surface area contributed by atoms with Crippen LogP contribution in [0.15, 0.2) is 36.7 Å². The molecule has 96 valence electrons. The monoisotopic (exact) mass is 265 g/mol. The molecule has 0 aliphatic heterocycles. The molecule has 0 amide bonds. The standard InChI is InChI=1S/C13H15N3O.ClH/c1-2-17-12-5-3-10(4-6-12)13-7-11(8-14)15-9-16-13;/h3-7,9H,2,8,14H2,1H3;1H. The topological polar surface area (TPSA) is 61.0 Å². The summed E-state index contributed by atoms with van der Waals surface area (Å²) in [7, 11) is 0. The molecule has 0 aliphatic rings. The number of benzene rings is 1. The van der Waals surface area contributed by atoms with E-state index in [9.17, 15) is 0 Å². The van der Waals surface area contributed by atoms with Gasteiger partial charge in [-0.2, -0.15) is 0 Å². The van der Waals surface area contributed by atoms with Crippen LogP contribution in [-0.2, 0) is 6.54 Å². The van der Waals surface area contributed by atoms with E-state index in [1.54, 1.807) is 0 Å². The first-order valence-corrected chi connectivity index (χ1v) is 5.57. The van der Waals surface area contributed by atoms with Crippen LogP contribution in [0.2, 0.25) is 0 Å². The zero-order chi connectivity index (χ0) is 12.1. The highest BCUT2D eigenvalue weighted by molar-refractivity contribution is 5.85. The number of nitrogens with zero attached hydrogens (tertiary/aromatic N) is 2. The Morgan fingerprint density at radius 2 is 1.89 bits per heavy atom. The molecular weight excluding hydrogens is 250 g/mol. The van der Waals surface area contributed by atoms with Crippen molar-refractivity contribution < 1.29 is 4.74 Å². The summed E-state index contributed by atoms with van der Waals surface area (Å²) in [5, 5.41) is 0. The fourth-order valence-corrected chi connectivity index (χ4v) is 1.56. The van der Waals surface area contributed by atoms with E-state index in [0.29, 0.717) is 13.2 Å². The third-order valence-corrected chi connectivity index (χ3v) is 2.39. The average molecular weight is 266 g/mol. The van der Waals surface area contributed by atoms with E-state index >= 15 is 0 Å². The largest absolute Gasteiger partial charge is 0.494 e. The zero-order valence-corrected chi connectivity index (χ0v) is 11.0. The lowest BCUT2D eigenvalue weighted by Gasteiger charge is -2.05. The van der Waals surface area contributed by atoms with Crippen molar-refractivity contribution in [3.05, 3.63) is 42.4 Å². The summed E-state index contributed by atoms with van der Waals surface area (Å²) in [5.41, 5.74) is 8.30. The second-order valence-corrected chi connectivity index (χ2v) is 3.56. The molecule has 4 nitrogen and oxygen atoms in total. The first-order chi connectivity index (χ1) is 8.33. The molecule has 0 fully saturated rings. The summed E-state index contributed by atoms with van der Waals surface area (Å²) >= 11 is 0. The van der Waals surface area contributed by atoms with Gasteiger partial charge in [0.2, 0.25) is 0 Å². The molecule has 1 heterocycles. The van der Waals surface area contributed by atoms with Gasteiger partial charge >= 0.3 is 0 Å². The Labute approximate surface area is 113 Å². The van der Waals surface area contributed by atoms with Crippen LogP contribution in [-0.4, -0.2) is 16.6 Å². The van der Waals surface area contributed by atoms with Gasteiger partial charge in [0.1, 0.15) is 12.1 Å². The van der Waals surface area contributed by atoms with Crippen LogP contribution in [0.3, 0.4) is 0 Å². The molecule has 0 unspecified atom stereocenters. The quantitative estimate of drug-likeness (QED) is 0.922. The van der Waals surface area contributed by atoms with Gasteiger partial charge in [-0.25, -0.2) is 9.97 Å². The molecule has 0 saturated carbocycles. The van der Waals surface area contributed by atoms with Crippen molar-refractivity contribution in [3.63, 3.8) is 0 Å². The van der Waals surface area contributed by atoms with Gasteiger partial charge in [0.15, 0.2) is 0 Å². The number of halogens is 1. The summed E-state index contributed by atoms with van der Waals surface area (Å²) < 4.78 is 5.39. The van der Waals surface area contributed by atoms with Crippen molar-refractivity contribution in [2.45, 2.75) is 13.5 Å². The molecule has 2 aromatic rings. The fourth-order valence-electron chi connectivity index (χ4n) is 1.56. The van der Waals surface area contributed by atoms with Crippen molar-refractivity contribution >= 4 is 12.4 Å². The van der Waals surface area contributed by atoms with Crippen LogP contribution >= 0.6 is 12.4 Å². The van der Waals surface area contributed by atoms with E-state index in [1.165, 1.54) is 6.33 Å². The van der Waals surface area contributed by atoms with Crippen LogP contribution in [0.25, 0.3) is 11.3 Å². The Kier molecular flexibility index (Phi) is 5.55. The summed E-state index contributed by atoms with van der Waals surface area (Å²) in [5.74, 6) is 0.865. The lowest BCUT2D eigenvalue weighted by Crippen LogP contribution is -2.00. The molecule has 1 aromatic carbocycles. The van der Waals surface area contributed by atoms with Gasteiger partial charge in [-0.3, -0.25) is 0 Å². The summed E-state index contributed by atoms with van der Waals surface area (Å²) in [6.45, 7) is 3.06. The van der Waals surface area contributed by atoms with Crippen LogP contribution in [0.4, 0.5) is 0 Å². The molecule has 2 N–H and O–H groups in total. The molecule has 18 heavy (non-hydrogen) atoms. The lowest BCUT2D eigenvalue weighted by molar-refractivity contribution is 0.340. The smallest absolute Gasteiger partial charge is 0.119 e. The van der Waals surface area contributed by atoms with Crippen molar-refractivity contribution in [2.24, 2.45) is 5.73 Å². The van der Waals surface area contributed by atoms with Crippen molar-refractivity contribution in [2.75, 3.05) is 6.61 Å². The number of ether oxygens (including phenoxy) is 1. The average Bonchev–Trinajstić information content (AvgIpc) is 2.40. The highest BCUT2D eigenvalue weighted by atomic mass is 35.5. The number of nitrogens with two attached hydrogens (primary N) is 1. The Bertz CT molecular complexity index is 488. The molecule has 0 aliphatic carbocycles. The third-order valence-electron chi connectivity index (χ3n) is 2.39. The highest BCUT2D eigenvalue weighted by Crippen LogP contribution is 2.20. The Balaban J connectivity index is 0.00000162. The van der Waals surface area contributed by atoms with Gasteiger partial charge in [0.25, 0.3) is 0 Å². The van der Waals surface area contributed by atoms with Crippen LogP contribution in [0, 0.1) is 0 Å². The van der Waals surface area contributed by atoms with Gasteiger partial charge in [0, 0.05) is 12.1 Å². The van der Waals surface area contributed by atoms with Gasteiger partial charge < -0.3 is 10.5 Å². The maximum Gasteiger partial charge on any atom is 0.119 e. The van der Waals surface area contributed by atoms with Gasteiger partial charge in [-0.05, 0) is 37.3 Å². The molecule has 0 saturated heterocycles. The molecule has 1 aromatic heterocycles. The second-order valence-electron chi connectivity index (χ2n) is 3.56. The van der Waals surface area contributed by atoms with Crippen molar-refractivity contribution in [1.82, 2.24) is 9.97 Å². The van der Waals surface area contributed by atoms with Crippen LogP contribution in [0.1, 0.15) is 12.6 Å². The minimum atomic E-state index is 0. The number of hydrogen-bond donors (Lipinski definition) is 1. The highest BCUT2D eigenvalue weighted by Gasteiger charge is 2.01. The minimum absolute atomic E-state index is 0. The van der Waals surface area contributed by atoms with E-state index in [-0.39, 0.29) is 12.4 Å². The maximum atomic E-state index is 5.55. The summed E-state index contributed by atoms with van der Waals surface area (Å²) in [6.07, 6.45) is 1.54. The normalized spacial score (nSPS) is 9.67. The Morgan fingerprint density at radius 3 is 2.50 bits per heavy atom. The second kappa shape index (κ2) is 6.93. The first-order valence-electron chi connectivity index (χ1n) is 5.57. The van der Waals surface area contributed by atoms with E-state index in [2.05, 4.69) is 9.97 Å². The minimum Gasteiger partial charge on any atom is -0.494 e. The van der Waals surface area contributed by atoms with E-state index in [4.69, 9.17) is 10.5 Å². The van der Waals surface area contributed by atoms with Gasteiger partial charge in [0.05, 0.1) is 18.0 Å². The molecule has 0 atom stereocenters. The van der Waals surface area contributed by atoms with Crippen molar-refractivity contribution in [1.29, 1.82) is 0 Å². The van der Waals surface area contributed by atoms with Gasteiger partial charge in [-0.1, -0.05) is 0 Å². The van der Waals surface area contributed by atoms with E-state index < -0.39 is 0 Å². The van der Waals surface area contributed by atoms with E-state index in [1.807, 2.05) is 37.3 Å².